The maximum absolute atomic E-state index is 12.8. The second-order valence-corrected chi connectivity index (χ2v) is 6.63. The van der Waals surface area contributed by atoms with Gasteiger partial charge in [-0.1, -0.05) is 17.3 Å². The van der Waals surface area contributed by atoms with Gasteiger partial charge in [-0.25, -0.2) is 4.99 Å². The van der Waals surface area contributed by atoms with E-state index >= 15 is 0 Å². The molecule has 1 N–H and O–H groups in total. The van der Waals surface area contributed by atoms with E-state index in [-0.39, 0.29) is 0 Å². The van der Waals surface area contributed by atoms with Crippen LogP contribution in [0.1, 0.15) is 46.2 Å². The number of H-pyrrole nitrogens is 1. The van der Waals surface area contributed by atoms with E-state index < -0.39 is 11.7 Å². The molecule has 0 fully saturated rings. The number of halogens is 3. The van der Waals surface area contributed by atoms with Crippen LogP contribution in [0.25, 0.3) is 11.6 Å². The predicted molar refractivity (Wildman–Crippen MR) is 104 cm³/mol. The molecule has 2 aromatic heterocycles. The number of alkyl halides is 3. The summed E-state index contributed by atoms with van der Waals surface area (Å²) in [6, 6.07) is 5.18. The summed E-state index contributed by atoms with van der Waals surface area (Å²) in [5.74, 6) is 1.33. The average Bonchev–Trinajstić information content (AvgIpc) is 3.17. The smallest absolute Gasteiger partial charge is 0.361 e. The minimum absolute atomic E-state index is 0.463. The molecule has 0 aliphatic carbocycles. The van der Waals surface area contributed by atoms with Gasteiger partial charge in [-0.3, -0.25) is 0 Å². The van der Waals surface area contributed by atoms with Gasteiger partial charge in [0.2, 0.25) is 0 Å². The van der Waals surface area contributed by atoms with Gasteiger partial charge in [0.25, 0.3) is 0 Å². The molecule has 0 radical (unpaired) electrons. The summed E-state index contributed by atoms with van der Waals surface area (Å²) in [6.45, 7) is 9.26. The maximum atomic E-state index is 12.8. The number of aliphatic imine (C=N–C) groups is 1. The molecule has 0 saturated carbocycles. The van der Waals surface area contributed by atoms with Crippen LogP contribution in [0.4, 0.5) is 19.0 Å². The summed E-state index contributed by atoms with van der Waals surface area (Å²) in [5.41, 5.74) is 4.53. The highest BCUT2D eigenvalue weighted by molar-refractivity contribution is 5.85. The molecule has 4 nitrogen and oxygen atoms in total. The molecule has 0 atom stereocenters. The molecular formula is C21H20F3N3O. The third-order valence-electron chi connectivity index (χ3n) is 4.61. The lowest BCUT2D eigenvalue weighted by atomic mass is 9.98. The highest BCUT2D eigenvalue weighted by atomic mass is 19.4. The molecular weight excluding hydrogens is 367 g/mol. The first-order valence-electron chi connectivity index (χ1n) is 8.65. The van der Waals surface area contributed by atoms with Gasteiger partial charge in [0.15, 0.2) is 0 Å². The molecule has 0 bridgehead atoms. The Balaban J connectivity index is 1.95. The fourth-order valence-electron chi connectivity index (χ4n) is 3.27. The molecule has 3 aromatic rings. The Kier molecular flexibility index (Phi) is 5.27. The molecule has 0 unspecified atom stereocenters. The first-order chi connectivity index (χ1) is 13.2. The van der Waals surface area contributed by atoms with E-state index in [4.69, 9.17) is 4.52 Å². The maximum Gasteiger partial charge on any atom is 0.416 e. The van der Waals surface area contributed by atoms with E-state index in [1.807, 2.05) is 26.8 Å². The van der Waals surface area contributed by atoms with Gasteiger partial charge in [0, 0.05) is 17.3 Å². The Bertz CT molecular complexity index is 1000. The highest BCUT2D eigenvalue weighted by Crippen LogP contribution is 2.32. The Labute approximate surface area is 160 Å². The van der Waals surface area contributed by atoms with Crippen molar-refractivity contribution in [3.63, 3.8) is 0 Å². The first kappa shape index (κ1) is 19.7. The van der Waals surface area contributed by atoms with Crippen LogP contribution in [0.5, 0.6) is 0 Å². The molecule has 2 heterocycles. The zero-order chi connectivity index (χ0) is 20.5. The Morgan fingerprint density at radius 1 is 1.25 bits per heavy atom. The van der Waals surface area contributed by atoms with E-state index in [1.54, 1.807) is 6.20 Å². The van der Waals surface area contributed by atoms with Gasteiger partial charge >= 0.3 is 6.18 Å². The highest BCUT2D eigenvalue weighted by Gasteiger charge is 2.29. The normalized spacial score (nSPS) is 12.4. The molecule has 0 amide bonds. The summed E-state index contributed by atoms with van der Waals surface area (Å²) in [6.07, 6.45) is -0.114. The Hall–Kier alpha value is -3.09. The number of rotatable bonds is 5. The van der Waals surface area contributed by atoms with Crippen molar-refractivity contribution >= 4 is 24.2 Å². The van der Waals surface area contributed by atoms with E-state index in [9.17, 15) is 13.2 Å². The molecule has 0 aliphatic heterocycles. The standard InChI is InChI=1S/C21H20F3N3O/c1-12(19-13(2)27-28-14(19)3)9-18-16(11-26-20(18)25-4)10-15-5-7-17(8-6-15)21(22,23)24/h5-9,11,26H,4,10H2,1-3H3/b12-9+. The molecule has 28 heavy (non-hydrogen) atoms. The van der Waals surface area contributed by atoms with Gasteiger partial charge in [-0.15, -0.1) is 0 Å². The number of allylic oxidation sites excluding steroid dienone is 1. The number of nitrogens with zero attached hydrogens (tertiary/aromatic N) is 2. The summed E-state index contributed by atoms with van der Waals surface area (Å²) in [5, 5.41) is 3.98. The van der Waals surface area contributed by atoms with Crippen LogP contribution in [0.15, 0.2) is 40.0 Å². The minimum atomic E-state index is -4.34. The second-order valence-electron chi connectivity index (χ2n) is 6.63. The first-order valence-corrected chi connectivity index (χ1v) is 8.65. The van der Waals surface area contributed by atoms with Crippen molar-refractivity contribution in [2.45, 2.75) is 33.4 Å². The minimum Gasteiger partial charge on any atom is -0.361 e. The van der Waals surface area contributed by atoms with Crippen molar-refractivity contribution in [1.29, 1.82) is 0 Å². The average molecular weight is 387 g/mol. The molecule has 0 saturated heterocycles. The number of hydrogen-bond donors (Lipinski definition) is 1. The van der Waals surface area contributed by atoms with Crippen molar-refractivity contribution in [3.8, 4) is 0 Å². The molecule has 1 aromatic carbocycles. The zero-order valence-corrected chi connectivity index (χ0v) is 15.8. The van der Waals surface area contributed by atoms with Crippen LogP contribution in [0, 0.1) is 13.8 Å². The summed E-state index contributed by atoms with van der Waals surface area (Å²) >= 11 is 0. The zero-order valence-electron chi connectivity index (χ0n) is 15.8. The molecule has 146 valence electrons. The van der Waals surface area contributed by atoms with E-state index in [0.29, 0.717) is 12.2 Å². The van der Waals surface area contributed by atoms with Crippen LogP contribution < -0.4 is 0 Å². The number of nitrogens with one attached hydrogen (secondary N) is 1. The van der Waals surface area contributed by atoms with Gasteiger partial charge < -0.3 is 9.51 Å². The molecule has 0 spiro atoms. The van der Waals surface area contributed by atoms with Crippen LogP contribution in [0.2, 0.25) is 0 Å². The third-order valence-corrected chi connectivity index (χ3v) is 4.61. The molecule has 7 heteroatoms. The number of hydrogen-bond acceptors (Lipinski definition) is 3. The van der Waals surface area contributed by atoms with E-state index in [2.05, 4.69) is 21.9 Å². The third kappa shape index (κ3) is 3.93. The monoisotopic (exact) mass is 387 g/mol. The largest absolute Gasteiger partial charge is 0.416 e. The van der Waals surface area contributed by atoms with Crippen LogP contribution in [-0.2, 0) is 12.6 Å². The fourth-order valence-corrected chi connectivity index (χ4v) is 3.27. The van der Waals surface area contributed by atoms with Gasteiger partial charge in [-0.2, -0.15) is 13.2 Å². The molecule has 3 rings (SSSR count). The quantitative estimate of drug-likeness (QED) is 0.536. The number of aryl methyl sites for hydroxylation is 2. The van der Waals surface area contributed by atoms with Crippen molar-refractivity contribution in [1.82, 2.24) is 10.1 Å². The number of benzene rings is 1. The summed E-state index contributed by atoms with van der Waals surface area (Å²) in [4.78, 5) is 7.09. The van der Waals surface area contributed by atoms with Gasteiger partial charge in [0.05, 0.1) is 11.3 Å². The summed E-state index contributed by atoms with van der Waals surface area (Å²) in [7, 11) is 0. The van der Waals surface area contributed by atoms with Crippen LogP contribution in [-0.4, -0.2) is 16.9 Å². The fraction of sp³-hybridized carbons (Fsp3) is 0.238. The lowest BCUT2D eigenvalue weighted by Gasteiger charge is -2.08. The Morgan fingerprint density at radius 3 is 2.46 bits per heavy atom. The van der Waals surface area contributed by atoms with Gasteiger partial charge in [-0.05, 0) is 68.8 Å². The van der Waals surface area contributed by atoms with Crippen molar-refractivity contribution in [3.05, 3.63) is 69.7 Å². The SMILES string of the molecule is C=Nc1[nH]cc(Cc2ccc(C(F)(F)F)cc2)c1/C=C(\C)c1c(C)noc1C. The second kappa shape index (κ2) is 7.50. The van der Waals surface area contributed by atoms with E-state index in [0.717, 1.165) is 51.4 Å². The van der Waals surface area contributed by atoms with Crippen LogP contribution in [0.3, 0.4) is 0 Å². The van der Waals surface area contributed by atoms with Gasteiger partial charge in [0.1, 0.15) is 11.6 Å². The number of aromatic amines is 1. The van der Waals surface area contributed by atoms with Crippen molar-refractivity contribution in [2.24, 2.45) is 4.99 Å². The predicted octanol–water partition coefficient (Wildman–Crippen LogP) is 6.12. The number of aromatic nitrogens is 2. The van der Waals surface area contributed by atoms with Crippen LogP contribution >= 0.6 is 0 Å². The van der Waals surface area contributed by atoms with Crippen molar-refractivity contribution in [2.75, 3.05) is 0 Å². The van der Waals surface area contributed by atoms with E-state index in [1.165, 1.54) is 12.1 Å². The summed E-state index contributed by atoms with van der Waals surface area (Å²) < 4.78 is 43.5. The topological polar surface area (TPSA) is 54.2 Å². The van der Waals surface area contributed by atoms with Crippen molar-refractivity contribution < 1.29 is 17.7 Å². The molecule has 0 aliphatic rings. The lowest BCUT2D eigenvalue weighted by Crippen LogP contribution is -2.04. The Morgan fingerprint density at radius 2 is 1.93 bits per heavy atom. The lowest BCUT2D eigenvalue weighted by molar-refractivity contribution is -0.137.